The van der Waals surface area contributed by atoms with Gasteiger partial charge in [0.2, 0.25) is 0 Å². The van der Waals surface area contributed by atoms with Gasteiger partial charge in [0.25, 0.3) is 0 Å². The summed E-state index contributed by atoms with van der Waals surface area (Å²) >= 11 is 0. The van der Waals surface area contributed by atoms with Gasteiger partial charge >= 0.3 is 0 Å². The van der Waals surface area contributed by atoms with Crippen LogP contribution >= 0.6 is 0 Å². The minimum absolute atomic E-state index is 0.829. The van der Waals surface area contributed by atoms with Crippen molar-refractivity contribution < 1.29 is 4.74 Å². The van der Waals surface area contributed by atoms with Crippen molar-refractivity contribution in [1.82, 2.24) is 4.98 Å². The molecule has 0 unspecified atom stereocenters. The van der Waals surface area contributed by atoms with E-state index < -0.39 is 0 Å². The maximum Gasteiger partial charge on any atom is 0.119 e. The number of pyridine rings is 1. The first kappa shape index (κ1) is 16.1. The maximum atomic E-state index is 5.38. The van der Waals surface area contributed by atoms with Crippen molar-refractivity contribution in [3.8, 4) is 39.4 Å². The van der Waals surface area contributed by atoms with E-state index in [4.69, 9.17) is 9.72 Å². The number of methoxy groups -OCH3 is 1. The van der Waals surface area contributed by atoms with Gasteiger partial charge in [0.05, 0.1) is 18.5 Å². The van der Waals surface area contributed by atoms with Gasteiger partial charge < -0.3 is 4.74 Å². The molecule has 3 aromatic carbocycles. The highest BCUT2D eigenvalue weighted by Crippen LogP contribution is 2.31. The van der Waals surface area contributed by atoms with Gasteiger partial charge in [0, 0.05) is 11.1 Å². The van der Waals surface area contributed by atoms with E-state index in [2.05, 4.69) is 54.6 Å². The molecule has 0 aliphatic heterocycles. The van der Waals surface area contributed by atoms with Crippen LogP contribution in [0.15, 0.2) is 97.1 Å². The second-order valence-electron chi connectivity index (χ2n) is 6.09. The highest BCUT2D eigenvalue weighted by Gasteiger charge is 2.09. The van der Waals surface area contributed by atoms with E-state index in [0.717, 1.165) is 33.8 Å². The Morgan fingerprint density at radius 3 is 1.77 bits per heavy atom. The standard InChI is InChI=1S/C24H19NO/c1-26-22-14-8-13-20(15-22)24-17-21(18-9-4-2-5-10-18)16-23(25-24)19-11-6-3-7-12-19/h2-17H,1H3. The smallest absolute Gasteiger partial charge is 0.119 e. The Kier molecular flexibility index (Phi) is 4.48. The third-order valence-electron chi connectivity index (χ3n) is 4.37. The highest BCUT2D eigenvalue weighted by molar-refractivity contribution is 5.76. The number of benzene rings is 3. The molecule has 0 amide bonds. The predicted octanol–water partition coefficient (Wildman–Crippen LogP) is 6.09. The van der Waals surface area contributed by atoms with E-state index in [1.807, 2.05) is 42.5 Å². The number of aromatic nitrogens is 1. The molecule has 0 aliphatic carbocycles. The van der Waals surface area contributed by atoms with E-state index >= 15 is 0 Å². The lowest BCUT2D eigenvalue weighted by Crippen LogP contribution is -1.92. The van der Waals surface area contributed by atoms with Crippen LogP contribution in [0.1, 0.15) is 0 Å². The lowest BCUT2D eigenvalue weighted by atomic mass is 10.00. The monoisotopic (exact) mass is 337 g/mol. The zero-order chi connectivity index (χ0) is 17.8. The Morgan fingerprint density at radius 1 is 0.538 bits per heavy atom. The molecule has 0 aliphatic rings. The average molecular weight is 337 g/mol. The van der Waals surface area contributed by atoms with Crippen molar-refractivity contribution in [3.05, 3.63) is 97.1 Å². The van der Waals surface area contributed by atoms with E-state index in [9.17, 15) is 0 Å². The van der Waals surface area contributed by atoms with Crippen molar-refractivity contribution in [2.75, 3.05) is 7.11 Å². The number of hydrogen-bond acceptors (Lipinski definition) is 2. The maximum absolute atomic E-state index is 5.38. The van der Waals surface area contributed by atoms with Gasteiger partial charge in [-0.1, -0.05) is 72.8 Å². The van der Waals surface area contributed by atoms with E-state index in [1.165, 1.54) is 5.56 Å². The topological polar surface area (TPSA) is 22.1 Å². The van der Waals surface area contributed by atoms with Gasteiger partial charge in [-0.3, -0.25) is 0 Å². The molecule has 0 atom stereocenters. The van der Waals surface area contributed by atoms with Crippen molar-refractivity contribution >= 4 is 0 Å². The van der Waals surface area contributed by atoms with Gasteiger partial charge in [-0.25, -0.2) is 4.98 Å². The zero-order valence-electron chi connectivity index (χ0n) is 14.6. The Labute approximate surface area is 153 Å². The summed E-state index contributed by atoms with van der Waals surface area (Å²) in [4.78, 5) is 4.92. The molecule has 1 heterocycles. The van der Waals surface area contributed by atoms with Gasteiger partial charge in [0.15, 0.2) is 0 Å². The summed E-state index contributed by atoms with van der Waals surface area (Å²) < 4.78 is 5.38. The van der Waals surface area contributed by atoms with Crippen LogP contribution in [0.2, 0.25) is 0 Å². The lowest BCUT2D eigenvalue weighted by Gasteiger charge is -2.11. The molecular formula is C24H19NO. The molecular weight excluding hydrogens is 318 g/mol. The molecule has 4 rings (SSSR count). The third kappa shape index (κ3) is 3.35. The largest absolute Gasteiger partial charge is 0.497 e. The zero-order valence-corrected chi connectivity index (χ0v) is 14.6. The van der Waals surface area contributed by atoms with Gasteiger partial charge in [-0.15, -0.1) is 0 Å². The third-order valence-corrected chi connectivity index (χ3v) is 4.37. The predicted molar refractivity (Wildman–Crippen MR) is 107 cm³/mol. The Morgan fingerprint density at radius 2 is 1.12 bits per heavy atom. The molecule has 4 aromatic rings. The SMILES string of the molecule is COc1cccc(-c2cc(-c3ccccc3)cc(-c3ccccc3)n2)c1. The van der Waals surface area contributed by atoms with Crippen molar-refractivity contribution in [3.63, 3.8) is 0 Å². The summed E-state index contributed by atoms with van der Waals surface area (Å²) in [5.74, 6) is 0.829. The normalized spacial score (nSPS) is 10.5. The molecule has 126 valence electrons. The summed E-state index contributed by atoms with van der Waals surface area (Å²) in [6, 6.07) is 33.0. The summed E-state index contributed by atoms with van der Waals surface area (Å²) in [5, 5.41) is 0. The van der Waals surface area contributed by atoms with Gasteiger partial charge in [0.1, 0.15) is 5.75 Å². The molecule has 26 heavy (non-hydrogen) atoms. The fourth-order valence-electron chi connectivity index (χ4n) is 3.01. The first-order chi connectivity index (χ1) is 12.8. The molecule has 0 saturated heterocycles. The van der Waals surface area contributed by atoms with Crippen LogP contribution in [0.5, 0.6) is 5.75 Å². The first-order valence-corrected chi connectivity index (χ1v) is 8.61. The van der Waals surface area contributed by atoms with Crippen LogP contribution in [0.4, 0.5) is 0 Å². The molecule has 1 aromatic heterocycles. The van der Waals surface area contributed by atoms with E-state index in [-0.39, 0.29) is 0 Å². The van der Waals surface area contributed by atoms with E-state index in [0.29, 0.717) is 0 Å². The number of nitrogens with zero attached hydrogens (tertiary/aromatic N) is 1. The van der Waals surface area contributed by atoms with Crippen LogP contribution < -0.4 is 4.74 Å². The fraction of sp³-hybridized carbons (Fsp3) is 0.0417. The second kappa shape index (κ2) is 7.24. The first-order valence-electron chi connectivity index (χ1n) is 8.61. The molecule has 0 bridgehead atoms. The molecule has 2 nitrogen and oxygen atoms in total. The summed E-state index contributed by atoms with van der Waals surface area (Å²) in [7, 11) is 1.68. The molecule has 0 saturated carbocycles. The molecule has 0 N–H and O–H groups in total. The van der Waals surface area contributed by atoms with Gasteiger partial charge in [-0.05, 0) is 35.4 Å². The van der Waals surface area contributed by atoms with Crippen molar-refractivity contribution in [1.29, 1.82) is 0 Å². The Bertz CT molecular complexity index is 953. The van der Waals surface area contributed by atoms with Crippen LogP contribution in [-0.4, -0.2) is 12.1 Å². The molecule has 0 spiro atoms. The summed E-state index contributed by atoms with van der Waals surface area (Å²) in [6.45, 7) is 0. The summed E-state index contributed by atoms with van der Waals surface area (Å²) in [5.41, 5.74) is 6.37. The van der Waals surface area contributed by atoms with Crippen LogP contribution in [0, 0.1) is 0 Å². The molecule has 0 radical (unpaired) electrons. The van der Waals surface area contributed by atoms with Gasteiger partial charge in [-0.2, -0.15) is 0 Å². The summed E-state index contributed by atoms with van der Waals surface area (Å²) in [6.07, 6.45) is 0. The van der Waals surface area contributed by atoms with Crippen LogP contribution in [0.3, 0.4) is 0 Å². The second-order valence-corrected chi connectivity index (χ2v) is 6.09. The van der Waals surface area contributed by atoms with Crippen LogP contribution in [-0.2, 0) is 0 Å². The minimum atomic E-state index is 0.829. The van der Waals surface area contributed by atoms with Crippen molar-refractivity contribution in [2.45, 2.75) is 0 Å². The molecule has 0 fully saturated rings. The Balaban J connectivity index is 1.90. The number of hydrogen-bond donors (Lipinski definition) is 0. The number of rotatable bonds is 4. The molecule has 2 heteroatoms. The lowest BCUT2D eigenvalue weighted by molar-refractivity contribution is 0.415. The average Bonchev–Trinajstić information content (AvgIpc) is 2.75. The van der Waals surface area contributed by atoms with E-state index in [1.54, 1.807) is 7.11 Å². The quantitative estimate of drug-likeness (QED) is 0.449. The minimum Gasteiger partial charge on any atom is -0.497 e. The van der Waals surface area contributed by atoms with Crippen LogP contribution in [0.25, 0.3) is 33.6 Å². The Hall–Kier alpha value is -3.39. The fourth-order valence-corrected chi connectivity index (χ4v) is 3.01. The number of ether oxygens (including phenoxy) is 1. The highest BCUT2D eigenvalue weighted by atomic mass is 16.5. The van der Waals surface area contributed by atoms with Crippen molar-refractivity contribution in [2.24, 2.45) is 0 Å².